The van der Waals surface area contributed by atoms with E-state index in [0.29, 0.717) is 25.6 Å². The highest BCUT2D eigenvalue weighted by molar-refractivity contribution is 5.96. The number of hydrogen-bond acceptors (Lipinski definition) is 6. The number of amides is 1. The van der Waals surface area contributed by atoms with Gasteiger partial charge in [0.2, 0.25) is 0 Å². The molecule has 0 fully saturated rings. The van der Waals surface area contributed by atoms with Crippen molar-refractivity contribution < 1.29 is 23.8 Å². The van der Waals surface area contributed by atoms with Gasteiger partial charge >= 0.3 is 5.97 Å². The Balaban J connectivity index is 2.35. The average molecular weight is 437 g/mol. The van der Waals surface area contributed by atoms with Crippen LogP contribution in [0.1, 0.15) is 94.1 Å². The van der Waals surface area contributed by atoms with Gasteiger partial charge in [0.1, 0.15) is 6.54 Å². The molecule has 0 unspecified atom stereocenters. The lowest BCUT2D eigenvalue weighted by Crippen LogP contribution is -2.31. The Labute approximate surface area is 187 Å². The van der Waals surface area contributed by atoms with Gasteiger partial charge in [-0.1, -0.05) is 65.2 Å². The number of ether oxygens (including phenoxy) is 3. The van der Waals surface area contributed by atoms with E-state index in [1.165, 1.54) is 39.2 Å². The topological polar surface area (TPSA) is 86.8 Å². The first kappa shape index (κ1) is 26.9. The van der Waals surface area contributed by atoms with Crippen molar-refractivity contribution in [3.8, 4) is 5.75 Å². The molecule has 0 spiro atoms. The lowest BCUT2D eigenvalue weighted by atomic mass is 10.1. The maximum Gasteiger partial charge on any atom is 0.325 e. The monoisotopic (exact) mass is 436 g/mol. The van der Waals surface area contributed by atoms with Crippen molar-refractivity contribution in [1.82, 2.24) is 10.3 Å². The highest BCUT2D eigenvalue weighted by atomic mass is 16.5. The maximum atomic E-state index is 12.4. The van der Waals surface area contributed by atoms with Gasteiger partial charge < -0.3 is 19.5 Å². The lowest BCUT2D eigenvalue weighted by molar-refractivity contribution is -0.142. The number of rotatable bonds is 18. The summed E-state index contributed by atoms with van der Waals surface area (Å²) in [5.74, 6) is -0.575. The number of unbranched alkanes of at least 4 members (excludes halogenated alkanes) is 8. The molecule has 7 nitrogen and oxygen atoms in total. The quantitative estimate of drug-likeness (QED) is 0.262. The summed E-state index contributed by atoms with van der Waals surface area (Å²) in [4.78, 5) is 28.3. The summed E-state index contributed by atoms with van der Waals surface area (Å²) in [6, 6.07) is 1.75. The summed E-state index contributed by atoms with van der Waals surface area (Å²) in [5, 5.41) is 2.54. The molecule has 0 saturated heterocycles. The third-order valence-corrected chi connectivity index (χ3v) is 4.91. The van der Waals surface area contributed by atoms with E-state index in [1.807, 2.05) is 0 Å². The molecule has 31 heavy (non-hydrogen) atoms. The lowest BCUT2D eigenvalue weighted by Gasteiger charge is -2.11. The molecule has 0 atom stereocenters. The molecule has 0 aromatic carbocycles. The van der Waals surface area contributed by atoms with Crippen LogP contribution in [0.5, 0.6) is 5.75 Å². The van der Waals surface area contributed by atoms with Gasteiger partial charge in [-0.05, 0) is 24.5 Å². The largest absolute Gasteiger partial charge is 0.494 e. The van der Waals surface area contributed by atoms with Crippen LogP contribution in [0.3, 0.4) is 0 Å². The molecule has 1 aromatic heterocycles. The Bertz CT molecular complexity index is 636. The molecule has 0 aliphatic heterocycles. The fourth-order valence-electron chi connectivity index (χ4n) is 3.07. The predicted molar refractivity (Wildman–Crippen MR) is 121 cm³/mol. The number of methoxy groups -OCH3 is 1. The zero-order valence-corrected chi connectivity index (χ0v) is 19.5. The number of carbonyl (C=O) groups is 2. The average Bonchev–Trinajstić information content (AvgIpc) is 2.78. The second-order valence-corrected chi connectivity index (χ2v) is 7.68. The molecule has 176 valence electrons. The van der Waals surface area contributed by atoms with Crippen LogP contribution in [-0.2, 0) is 20.9 Å². The summed E-state index contributed by atoms with van der Waals surface area (Å²) in [6.45, 7) is 5.65. The fourth-order valence-corrected chi connectivity index (χ4v) is 3.07. The number of esters is 1. The van der Waals surface area contributed by atoms with Crippen LogP contribution in [0.2, 0.25) is 0 Å². The second kappa shape index (κ2) is 17.5. The van der Waals surface area contributed by atoms with E-state index >= 15 is 0 Å². The number of carbonyl (C=O) groups excluding carboxylic acids is 2. The van der Waals surface area contributed by atoms with Gasteiger partial charge in [-0.3, -0.25) is 9.59 Å². The number of nitrogens with zero attached hydrogens (tertiary/aromatic N) is 1. The Morgan fingerprint density at radius 1 is 0.935 bits per heavy atom. The smallest absolute Gasteiger partial charge is 0.325 e. The van der Waals surface area contributed by atoms with Crippen molar-refractivity contribution >= 4 is 11.9 Å². The SMILES string of the molecule is CCCCCCCCOCc1cnc(C(=O)NCC(=O)OCCCCCC)c(OC)c1. The van der Waals surface area contributed by atoms with E-state index in [0.717, 1.165) is 37.7 Å². The minimum atomic E-state index is -0.473. The van der Waals surface area contributed by atoms with Crippen LogP contribution in [0, 0.1) is 0 Å². The van der Waals surface area contributed by atoms with Crippen molar-refractivity contribution in [3.63, 3.8) is 0 Å². The molecule has 0 radical (unpaired) electrons. The first-order chi connectivity index (χ1) is 15.1. The highest BCUT2D eigenvalue weighted by Gasteiger charge is 2.16. The van der Waals surface area contributed by atoms with Crippen LogP contribution < -0.4 is 10.1 Å². The van der Waals surface area contributed by atoms with Crippen LogP contribution in [0.15, 0.2) is 12.3 Å². The normalized spacial score (nSPS) is 10.7. The molecule has 1 rings (SSSR count). The summed E-state index contributed by atoms with van der Waals surface area (Å²) in [5.41, 5.74) is 0.976. The summed E-state index contributed by atoms with van der Waals surface area (Å²) < 4.78 is 16.1. The maximum absolute atomic E-state index is 12.4. The summed E-state index contributed by atoms with van der Waals surface area (Å²) >= 11 is 0. The predicted octanol–water partition coefficient (Wildman–Crippen LogP) is 4.82. The minimum Gasteiger partial charge on any atom is -0.494 e. The third-order valence-electron chi connectivity index (χ3n) is 4.91. The molecule has 1 aromatic rings. The molecular weight excluding hydrogens is 396 g/mol. The van der Waals surface area contributed by atoms with E-state index in [1.54, 1.807) is 12.3 Å². The summed E-state index contributed by atoms with van der Waals surface area (Å²) in [6.07, 6.45) is 13.0. The first-order valence-electron chi connectivity index (χ1n) is 11.7. The van der Waals surface area contributed by atoms with Crippen LogP contribution >= 0.6 is 0 Å². The molecule has 1 heterocycles. The second-order valence-electron chi connectivity index (χ2n) is 7.68. The van der Waals surface area contributed by atoms with Crippen molar-refractivity contribution in [2.75, 3.05) is 26.9 Å². The zero-order valence-electron chi connectivity index (χ0n) is 19.5. The highest BCUT2D eigenvalue weighted by Crippen LogP contribution is 2.18. The molecule has 1 amide bonds. The molecule has 0 aliphatic rings. The van der Waals surface area contributed by atoms with E-state index in [4.69, 9.17) is 14.2 Å². The van der Waals surface area contributed by atoms with Gasteiger partial charge in [-0.25, -0.2) is 4.98 Å². The Morgan fingerprint density at radius 2 is 1.58 bits per heavy atom. The Kier molecular flexibility index (Phi) is 15.2. The number of nitrogens with one attached hydrogen (secondary N) is 1. The Morgan fingerprint density at radius 3 is 2.29 bits per heavy atom. The van der Waals surface area contributed by atoms with E-state index in [9.17, 15) is 9.59 Å². The Hall–Kier alpha value is -2.15. The van der Waals surface area contributed by atoms with E-state index in [-0.39, 0.29) is 12.2 Å². The molecular formula is C24H40N2O5. The van der Waals surface area contributed by atoms with Gasteiger partial charge in [0, 0.05) is 12.8 Å². The van der Waals surface area contributed by atoms with Crippen LogP contribution in [0.4, 0.5) is 0 Å². The van der Waals surface area contributed by atoms with Crippen LogP contribution in [0.25, 0.3) is 0 Å². The standard InChI is InChI=1S/C24H40N2O5/c1-4-6-8-10-11-12-14-30-19-20-16-21(29-3)23(25-17-20)24(28)26-18-22(27)31-15-13-9-7-5-2/h16-17H,4-15,18-19H2,1-3H3,(H,26,28). The molecule has 1 N–H and O–H groups in total. The first-order valence-corrected chi connectivity index (χ1v) is 11.7. The fraction of sp³-hybridized carbons (Fsp3) is 0.708. The minimum absolute atomic E-state index is 0.137. The van der Waals surface area contributed by atoms with Gasteiger partial charge in [0.05, 0.1) is 20.3 Å². The van der Waals surface area contributed by atoms with E-state index in [2.05, 4.69) is 24.1 Å². The molecule has 0 aliphatic carbocycles. The van der Waals surface area contributed by atoms with Gasteiger partial charge in [-0.15, -0.1) is 0 Å². The number of pyridine rings is 1. The van der Waals surface area contributed by atoms with Crippen molar-refractivity contribution in [2.24, 2.45) is 0 Å². The molecule has 7 heteroatoms. The molecule has 0 bridgehead atoms. The zero-order chi connectivity index (χ0) is 22.7. The van der Waals surface area contributed by atoms with Crippen molar-refractivity contribution in [1.29, 1.82) is 0 Å². The van der Waals surface area contributed by atoms with Crippen LogP contribution in [-0.4, -0.2) is 43.7 Å². The summed E-state index contributed by atoms with van der Waals surface area (Å²) in [7, 11) is 1.49. The molecule has 0 saturated carbocycles. The number of aromatic nitrogens is 1. The van der Waals surface area contributed by atoms with Crippen molar-refractivity contribution in [3.05, 3.63) is 23.5 Å². The van der Waals surface area contributed by atoms with Gasteiger partial charge in [-0.2, -0.15) is 0 Å². The van der Waals surface area contributed by atoms with Gasteiger partial charge in [0.15, 0.2) is 11.4 Å². The number of hydrogen-bond donors (Lipinski definition) is 1. The third kappa shape index (κ3) is 12.3. The van der Waals surface area contributed by atoms with Gasteiger partial charge in [0.25, 0.3) is 5.91 Å². The van der Waals surface area contributed by atoms with Crippen molar-refractivity contribution in [2.45, 2.75) is 84.7 Å². The van der Waals surface area contributed by atoms with E-state index < -0.39 is 11.9 Å².